The summed E-state index contributed by atoms with van der Waals surface area (Å²) in [6.45, 7) is 9.47. The standard InChI is InChI=1S/C16H24N2O2/c1-11(2)9-17-15(19)13-5-7-14(8-6-13)16(20)18-10-12(3)4/h5-8,11-12H,9-10H2,1-4H3,(H,17,19)(H,18,20). The highest BCUT2D eigenvalue weighted by atomic mass is 16.2. The van der Waals surface area contributed by atoms with Crippen LogP contribution in [0.25, 0.3) is 0 Å². The van der Waals surface area contributed by atoms with E-state index < -0.39 is 0 Å². The zero-order chi connectivity index (χ0) is 15.1. The maximum absolute atomic E-state index is 11.8. The highest BCUT2D eigenvalue weighted by molar-refractivity contribution is 5.97. The van der Waals surface area contributed by atoms with Gasteiger partial charge in [0.2, 0.25) is 0 Å². The normalized spacial score (nSPS) is 10.7. The Morgan fingerprint density at radius 2 is 1.10 bits per heavy atom. The van der Waals surface area contributed by atoms with Gasteiger partial charge in [-0.25, -0.2) is 0 Å². The van der Waals surface area contributed by atoms with Crippen molar-refractivity contribution in [3.63, 3.8) is 0 Å². The maximum Gasteiger partial charge on any atom is 0.251 e. The monoisotopic (exact) mass is 276 g/mol. The second-order valence-corrected chi connectivity index (χ2v) is 5.79. The molecule has 0 aromatic heterocycles. The highest BCUT2D eigenvalue weighted by Gasteiger charge is 2.09. The van der Waals surface area contributed by atoms with E-state index in [1.807, 2.05) is 27.7 Å². The Bertz CT molecular complexity index is 407. The van der Waals surface area contributed by atoms with Crippen LogP contribution in [0.1, 0.15) is 48.4 Å². The van der Waals surface area contributed by atoms with E-state index in [1.54, 1.807) is 24.3 Å². The van der Waals surface area contributed by atoms with E-state index in [0.717, 1.165) is 0 Å². The molecular formula is C16H24N2O2. The number of nitrogens with one attached hydrogen (secondary N) is 2. The van der Waals surface area contributed by atoms with Crippen molar-refractivity contribution >= 4 is 11.8 Å². The SMILES string of the molecule is CC(C)CNC(=O)c1ccc(C(=O)NCC(C)C)cc1. The summed E-state index contributed by atoms with van der Waals surface area (Å²) in [6.07, 6.45) is 0. The van der Waals surface area contributed by atoms with Crippen LogP contribution in [0, 0.1) is 11.8 Å². The third kappa shape index (κ3) is 5.43. The molecule has 2 amide bonds. The molecule has 0 spiro atoms. The number of hydrogen-bond donors (Lipinski definition) is 2. The van der Waals surface area contributed by atoms with Crippen LogP contribution in [0.15, 0.2) is 24.3 Å². The summed E-state index contributed by atoms with van der Waals surface area (Å²) in [6, 6.07) is 6.72. The number of benzene rings is 1. The van der Waals surface area contributed by atoms with Gasteiger partial charge < -0.3 is 10.6 Å². The van der Waals surface area contributed by atoms with Gasteiger partial charge in [0.1, 0.15) is 0 Å². The summed E-state index contributed by atoms with van der Waals surface area (Å²) in [5.74, 6) is 0.626. The van der Waals surface area contributed by atoms with Gasteiger partial charge in [-0.15, -0.1) is 0 Å². The molecule has 2 N–H and O–H groups in total. The third-order valence-electron chi connectivity index (χ3n) is 2.75. The molecule has 0 unspecified atom stereocenters. The van der Waals surface area contributed by atoms with Crippen LogP contribution >= 0.6 is 0 Å². The zero-order valence-electron chi connectivity index (χ0n) is 12.7. The van der Waals surface area contributed by atoms with E-state index in [4.69, 9.17) is 0 Å². The molecule has 0 aliphatic heterocycles. The van der Waals surface area contributed by atoms with E-state index in [1.165, 1.54) is 0 Å². The van der Waals surface area contributed by atoms with Crippen molar-refractivity contribution in [1.82, 2.24) is 10.6 Å². The van der Waals surface area contributed by atoms with Crippen molar-refractivity contribution in [3.8, 4) is 0 Å². The van der Waals surface area contributed by atoms with Crippen LogP contribution in [-0.2, 0) is 0 Å². The van der Waals surface area contributed by atoms with E-state index in [2.05, 4.69) is 10.6 Å². The van der Waals surface area contributed by atoms with Crippen molar-refractivity contribution in [2.75, 3.05) is 13.1 Å². The highest BCUT2D eigenvalue weighted by Crippen LogP contribution is 2.05. The first-order valence-electron chi connectivity index (χ1n) is 7.06. The molecule has 1 aromatic rings. The molecule has 0 heterocycles. The molecule has 4 nitrogen and oxygen atoms in total. The molecule has 1 aromatic carbocycles. The lowest BCUT2D eigenvalue weighted by atomic mass is 10.1. The Balaban J connectivity index is 2.59. The van der Waals surface area contributed by atoms with Crippen LogP contribution in [0.4, 0.5) is 0 Å². The summed E-state index contributed by atoms with van der Waals surface area (Å²) >= 11 is 0. The summed E-state index contributed by atoms with van der Waals surface area (Å²) in [5.41, 5.74) is 1.15. The first-order valence-corrected chi connectivity index (χ1v) is 7.06. The Morgan fingerprint density at radius 3 is 1.35 bits per heavy atom. The molecule has 4 heteroatoms. The summed E-state index contributed by atoms with van der Waals surface area (Å²) in [5, 5.41) is 5.70. The van der Waals surface area contributed by atoms with Gasteiger partial charge in [0.25, 0.3) is 11.8 Å². The second kappa shape index (κ2) is 7.68. The average molecular weight is 276 g/mol. The number of rotatable bonds is 6. The van der Waals surface area contributed by atoms with Gasteiger partial charge in [-0.2, -0.15) is 0 Å². The number of carbonyl (C=O) groups is 2. The minimum Gasteiger partial charge on any atom is -0.352 e. The van der Waals surface area contributed by atoms with Gasteiger partial charge in [-0.05, 0) is 36.1 Å². The van der Waals surface area contributed by atoms with Crippen molar-refractivity contribution in [1.29, 1.82) is 0 Å². The number of carbonyl (C=O) groups excluding carboxylic acids is 2. The Kier molecular flexibility index (Phi) is 6.22. The summed E-state index contributed by atoms with van der Waals surface area (Å²) < 4.78 is 0. The maximum atomic E-state index is 11.8. The molecule has 0 aliphatic rings. The quantitative estimate of drug-likeness (QED) is 0.838. The third-order valence-corrected chi connectivity index (χ3v) is 2.75. The lowest BCUT2D eigenvalue weighted by Gasteiger charge is -2.09. The molecule has 0 radical (unpaired) electrons. The first kappa shape index (κ1) is 16.2. The van der Waals surface area contributed by atoms with E-state index in [0.29, 0.717) is 36.1 Å². The van der Waals surface area contributed by atoms with Crippen molar-refractivity contribution in [3.05, 3.63) is 35.4 Å². The summed E-state index contributed by atoms with van der Waals surface area (Å²) in [7, 11) is 0. The van der Waals surface area contributed by atoms with Gasteiger partial charge in [0.05, 0.1) is 0 Å². The molecule has 0 fully saturated rings. The van der Waals surface area contributed by atoms with E-state index in [9.17, 15) is 9.59 Å². The van der Waals surface area contributed by atoms with Crippen LogP contribution in [0.5, 0.6) is 0 Å². The lowest BCUT2D eigenvalue weighted by molar-refractivity contribution is 0.0937. The molecule has 20 heavy (non-hydrogen) atoms. The smallest absolute Gasteiger partial charge is 0.251 e. The largest absolute Gasteiger partial charge is 0.352 e. The topological polar surface area (TPSA) is 58.2 Å². The Hall–Kier alpha value is -1.84. The van der Waals surface area contributed by atoms with E-state index >= 15 is 0 Å². The molecule has 0 saturated heterocycles. The second-order valence-electron chi connectivity index (χ2n) is 5.79. The molecule has 0 saturated carbocycles. The van der Waals surface area contributed by atoms with Crippen LogP contribution in [-0.4, -0.2) is 24.9 Å². The fraction of sp³-hybridized carbons (Fsp3) is 0.500. The average Bonchev–Trinajstić information content (AvgIpc) is 2.42. The molecule has 110 valence electrons. The predicted molar refractivity (Wildman–Crippen MR) is 80.8 cm³/mol. The van der Waals surface area contributed by atoms with E-state index in [-0.39, 0.29) is 11.8 Å². The van der Waals surface area contributed by atoms with Crippen LogP contribution in [0.2, 0.25) is 0 Å². The molecule has 0 aliphatic carbocycles. The Morgan fingerprint density at radius 1 is 0.800 bits per heavy atom. The van der Waals surface area contributed by atoms with Crippen molar-refractivity contribution in [2.45, 2.75) is 27.7 Å². The predicted octanol–water partition coefficient (Wildman–Crippen LogP) is 2.46. The van der Waals surface area contributed by atoms with Gasteiger partial charge >= 0.3 is 0 Å². The molecule has 0 atom stereocenters. The number of amides is 2. The van der Waals surface area contributed by atoms with Gasteiger partial charge in [0.15, 0.2) is 0 Å². The van der Waals surface area contributed by atoms with Crippen molar-refractivity contribution in [2.24, 2.45) is 11.8 Å². The molecule has 0 bridgehead atoms. The zero-order valence-corrected chi connectivity index (χ0v) is 12.7. The Labute approximate surface area is 121 Å². The molecular weight excluding hydrogens is 252 g/mol. The van der Waals surface area contributed by atoms with Gasteiger partial charge in [-0.3, -0.25) is 9.59 Å². The fourth-order valence-electron chi connectivity index (χ4n) is 1.57. The van der Waals surface area contributed by atoms with Crippen molar-refractivity contribution < 1.29 is 9.59 Å². The summed E-state index contributed by atoms with van der Waals surface area (Å²) in [4.78, 5) is 23.7. The minimum absolute atomic E-state index is 0.104. The lowest BCUT2D eigenvalue weighted by Crippen LogP contribution is -2.28. The molecule has 1 rings (SSSR count). The van der Waals surface area contributed by atoms with Gasteiger partial charge in [-0.1, -0.05) is 27.7 Å². The minimum atomic E-state index is -0.104. The van der Waals surface area contributed by atoms with Crippen LogP contribution in [0.3, 0.4) is 0 Å². The van der Waals surface area contributed by atoms with Crippen LogP contribution < -0.4 is 10.6 Å². The van der Waals surface area contributed by atoms with Gasteiger partial charge in [0, 0.05) is 24.2 Å². The fourth-order valence-corrected chi connectivity index (χ4v) is 1.57. The first-order chi connectivity index (χ1) is 9.40. The number of hydrogen-bond acceptors (Lipinski definition) is 2.